The lowest BCUT2D eigenvalue weighted by molar-refractivity contribution is -0.122. The van der Waals surface area contributed by atoms with E-state index in [9.17, 15) is 9.59 Å². The van der Waals surface area contributed by atoms with Crippen molar-refractivity contribution in [3.63, 3.8) is 0 Å². The molecule has 1 aliphatic heterocycles. The Morgan fingerprint density at radius 2 is 1.95 bits per heavy atom. The van der Waals surface area contributed by atoms with E-state index in [0.29, 0.717) is 0 Å². The van der Waals surface area contributed by atoms with Crippen LogP contribution < -0.4 is 5.32 Å². The normalized spacial score (nSPS) is 29.1. The fourth-order valence-corrected chi connectivity index (χ4v) is 2.55. The number of hydrogen-bond donors (Lipinski definition) is 2. The van der Waals surface area contributed by atoms with Gasteiger partial charge in [-0.3, -0.25) is 4.79 Å². The molecule has 0 bridgehead atoms. The highest BCUT2D eigenvalue weighted by Crippen LogP contribution is 2.32. The number of pyridine rings is 1. The Kier molecular flexibility index (Phi) is 4.04. The second-order valence-electron chi connectivity index (χ2n) is 5.13. The number of carbonyl (C=O) groups excluding carboxylic acids is 1. The fourth-order valence-electron chi connectivity index (χ4n) is 2.55. The number of carboxylic acid groups (broad SMARTS) is 1. The third kappa shape index (κ3) is 2.80. The summed E-state index contributed by atoms with van der Waals surface area (Å²) in [5.74, 6) is -1.23. The number of ether oxygens (including phenoxy) is 1. The molecule has 1 aliphatic rings. The third-order valence-corrected chi connectivity index (χ3v) is 3.76. The number of aromatic carboxylic acids is 1. The van der Waals surface area contributed by atoms with Crippen LogP contribution in [0, 0.1) is 11.8 Å². The molecule has 108 valence electrons. The first-order valence-electron chi connectivity index (χ1n) is 6.57. The van der Waals surface area contributed by atoms with Crippen LogP contribution in [-0.2, 0) is 9.53 Å². The quantitative estimate of drug-likeness (QED) is 0.879. The molecule has 6 heteroatoms. The van der Waals surface area contributed by atoms with Gasteiger partial charge >= 0.3 is 5.97 Å². The molecule has 1 saturated heterocycles. The lowest BCUT2D eigenvalue weighted by Gasteiger charge is -2.17. The van der Waals surface area contributed by atoms with Gasteiger partial charge < -0.3 is 15.2 Å². The van der Waals surface area contributed by atoms with E-state index in [2.05, 4.69) is 10.3 Å². The van der Waals surface area contributed by atoms with Crippen LogP contribution in [-0.4, -0.2) is 34.2 Å². The molecule has 1 aromatic heterocycles. The minimum absolute atomic E-state index is 0.0269. The Bertz CT molecular complexity index is 532. The van der Waals surface area contributed by atoms with E-state index in [1.807, 2.05) is 20.8 Å². The minimum Gasteiger partial charge on any atom is -0.477 e. The molecular weight excluding hydrogens is 260 g/mol. The van der Waals surface area contributed by atoms with Crippen molar-refractivity contribution >= 4 is 17.7 Å². The lowest BCUT2D eigenvalue weighted by Crippen LogP contribution is -2.32. The highest BCUT2D eigenvalue weighted by molar-refractivity contribution is 5.93. The maximum absolute atomic E-state index is 12.3. The van der Waals surface area contributed by atoms with Gasteiger partial charge in [0.15, 0.2) is 5.69 Å². The summed E-state index contributed by atoms with van der Waals surface area (Å²) in [6, 6.07) is 4.50. The average molecular weight is 278 g/mol. The fraction of sp³-hybridized carbons (Fsp3) is 0.500. The van der Waals surface area contributed by atoms with Crippen molar-refractivity contribution in [3.8, 4) is 0 Å². The van der Waals surface area contributed by atoms with Crippen LogP contribution in [0.4, 0.5) is 5.82 Å². The molecule has 1 aromatic rings. The molecule has 2 N–H and O–H groups in total. The van der Waals surface area contributed by atoms with Crippen LogP contribution in [0.25, 0.3) is 0 Å². The molecule has 20 heavy (non-hydrogen) atoms. The summed E-state index contributed by atoms with van der Waals surface area (Å²) < 4.78 is 5.63. The highest BCUT2D eigenvalue weighted by Gasteiger charge is 2.41. The van der Waals surface area contributed by atoms with E-state index in [1.54, 1.807) is 12.1 Å². The van der Waals surface area contributed by atoms with E-state index in [1.165, 1.54) is 6.07 Å². The Hall–Kier alpha value is -1.95. The Balaban J connectivity index is 2.12. The summed E-state index contributed by atoms with van der Waals surface area (Å²) in [4.78, 5) is 27.0. The number of carboxylic acids is 1. The molecule has 0 radical (unpaired) electrons. The maximum Gasteiger partial charge on any atom is 0.354 e. The molecule has 2 rings (SSSR count). The van der Waals surface area contributed by atoms with Gasteiger partial charge in [-0.25, -0.2) is 9.78 Å². The number of nitrogens with one attached hydrogen (secondary N) is 1. The second-order valence-corrected chi connectivity index (χ2v) is 5.13. The van der Waals surface area contributed by atoms with Crippen molar-refractivity contribution in [2.24, 2.45) is 11.8 Å². The highest BCUT2D eigenvalue weighted by atomic mass is 16.5. The first-order chi connectivity index (χ1) is 9.40. The molecule has 4 atom stereocenters. The number of carbonyl (C=O) groups is 2. The molecular formula is C14H18N2O4. The van der Waals surface area contributed by atoms with E-state index in [0.717, 1.165) is 0 Å². The third-order valence-electron chi connectivity index (χ3n) is 3.76. The standard InChI is InChI=1S/C14H18N2O4/c1-7-8(2)20-9(3)12(7)13(17)16-11-6-4-5-10(15-11)14(18)19/h4-9,12H,1-3H3,(H,18,19)(H,15,16,17). The van der Waals surface area contributed by atoms with Gasteiger partial charge in [0.1, 0.15) is 5.82 Å². The van der Waals surface area contributed by atoms with Gasteiger partial charge in [-0.1, -0.05) is 13.0 Å². The van der Waals surface area contributed by atoms with Crippen LogP contribution in [0.2, 0.25) is 0 Å². The Labute approximate surface area is 117 Å². The van der Waals surface area contributed by atoms with E-state index < -0.39 is 5.97 Å². The van der Waals surface area contributed by atoms with Crippen molar-refractivity contribution in [2.75, 3.05) is 5.32 Å². The summed E-state index contributed by atoms with van der Waals surface area (Å²) in [5.41, 5.74) is -0.0973. The molecule has 1 fully saturated rings. The first-order valence-corrected chi connectivity index (χ1v) is 6.57. The predicted octanol–water partition coefficient (Wildman–Crippen LogP) is 1.78. The van der Waals surface area contributed by atoms with E-state index >= 15 is 0 Å². The molecule has 4 unspecified atom stereocenters. The molecule has 6 nitrogen and oxygen atoms in total. The second kappa shape index (κ2) is 5.58. The maximum atomic E-state index is 12.3. The SMILES string of the molecule is CC1OC(C)C(C(=O)Nc2cccc(C(=O)O)n2)C1C. The van der Waals surface area contributed by atoms with Gasteiger partial charge in [-0.15, -0.1) is 0 Å². The first kappa shape index (κ1) is 14.5. The lowest BCUT2D eigenvalue weighted by atomic mass is 9.89. The van der Waals surface area contributed by atoms with Crippen molar-refractivity contribution in [3.05, 3.63) is 23.9 Å². The average Bonchev–Trinajstić information content (AvgIpc) is 2.63. The van der Waals surface area contributed by atoms with Crippen molar-refractivity contribution < 1.29 is 19.4 Å². The van der Waals surface area contributed by atoms with Crippen molar-refractivity contribution in [1.29, 1.82) is 0 Å². The minimum atomic E-state index is -1.12. The van der Waals surface area contributed by atoms with Gasteiger partial charge in [-0.2, -0.15) is 0 Å². The molecule has 0 spiro atoms. The number of aromatic nitrogens is 1. The van der Waals surface area contributed by atoms with Crippen LogP contribution in [0.1, 0.15) is 31.3 Å². The zero-order chi connectivity index (χ0) is 14.9. The topological polar surface area (TPSA) is 88.5 Å². The number of nitrogens with zero attached hydrogens (tertiary/aromatic N) is 1. The smallest absolute Gasteiger partial charge is 0.354 e. The van der Waals surface area contributed by atoms with Gasteiger partial charge in [-0.05, 0) is 31.9 Å². The molecule has 1 amide bonds. The van der Waals surface area contributed by atoms with E-state index in [-0.39, 0.29) is 41.5 Å². The van der Waals surface area contributed by atoms with Crippen molar-refractivity contribution in [2.45, 2.75) is 33.0 Å². The predicted molar refractivity (Wildman–Crippen MR) is 72.5 cm³/mol. The summed E-state index contributed by atoms with van der Waals surface area (Å²) in [7, 11) is 0. The summed E-state index contributed by atoms with van der Waals surface area (Å²) in [6.45, 7) is 5.78. The van der Waals surface area contributed by atoms with Crippen LogP contribution in [0.3, 0.4) is 0 Å². The molecule has 0 aromatic carbocycles. The number of hydrogen-bond acceptors (Lipinski definition) is 4. The molecule has 2 heterocycles. The van der Waals surface area contributed by atoms with E-state index in [4.69, 9.17) is 9.84 Å². The summed E-state index contributed by atoms with van der Waals surface area (Å²) in [6.07, 6.45) is -0.137. The van der Waals surface area contributed by atoms with Gasteiger partial charge in [0.2, 0.25) is 5.91 Å². The monoisotopic (exact) mass is 278 g/mol. The summed E-state index contributed by atoms with van der Waals surface area (Å²) >= 11 is 0. The van der Waals surface area contributed by atoms with Gasteiger partial charge in [0.25, 0.3) is 0 Å². The number of rotatable bonds is 3. The molecule has 0 aliphatic carbocycles. The van der Waals surface area contributed by atoms with Crippen molar-refractivity contribution in [1.82, 2.24) is 4.98 Å². The Morgan fingerprint density at radius 3 is 2.50 bits per heavy atom. The zero-order valence-electron chi connectivity index (χ0n) is 11.7. The van der Waals surface area contributed by atoms with Crippen LogP contribution >= 0.6 is 0 Å². The van der Waals surface area contributed by atoms with Crippen LogP contribution in [0.5, 0.6) is 0 Å². The van der Waals surface area contributed by atoms with Gasteiger partial charge in [0, 0.05) is 0 Å². The van der Waals surface area contributed by atoms with Crippen LogP contribution in [0.15, 0.2) is 18.2 Å². The number of amides is 1. The zero-order valence-corrected chi connectivity index (χ0v) is 11.7. The summed E-state index contributed by atoms with van der Waals surface area (Å²) in [5, 5.41) is 11.5. The molecule has 0 saturated carbocycles. The largest absolute Gasteiger partial charge is 0.477 e. The van der Waals surface area contributed by atoms with Gasteiger partial charge in [0.05, 0.1) is 18.1 Å². The number of anilines is 1. The Morgan fingerprint density at radius 1 is 1.25 bits per heavy atom.